The summed E-state index contributed by atoms with van der Waals surface area (Å²) in [6, 6.07) is -0.910. The predicted molar refractivity (Wildman–Crippen MR) is 316 cm³/mol. The van der Waals surface area contributed by atoms with Crippen LogP contribution in [-0.4, -0.2) is 69.4 Å². The number of phosphoric acid groups is 1. The topological polar surface area (TPSA) is 114 Å². The van der Waals surface area contributed by atoms with E-state index in [0.717, 1.165) is 116 Å². The zero-order valence-corrected chi connectivity index (χ0v) is 49.1. The monoisotopic (exact) mass is 1050 g/mol. The summed E-state index contributed by atoms with van der Waals surface area (Å²) in [6.07, 6.45) is 72.0. The highest BCUT2D eigenvalue weighted by atomic mass is 31.2. The number of carbonyl (C=O) groups excluding carboxylic acids is 2. The van der Waals surface area contributed by atoms with Crippen molar-refractivity contribution in [2.45, 2.75) is 245 Å². The van der Waals surface area contributed by atoms with Crippen LogP contribution in [0, 0.1) is 0 Å². The first kappa shape index (κ1) is 70.7. The number of carbonyl (C=O) groups is 2. The number of rotatable bonds is 52. The minimum Gasteiger partial charge on any atom is -0.756 e. The van der Waals surface area contributed by atoms with Crippen molar-refractivity contribution >= 4 is 19.7 Å². The molecule has 0 bridgehead atoms. The molecule has 74 heavy (non-hydrogen) atoms. The van der Waals surface area contributed by atoms with Gasteiger partial charge in [-0.05, 0) is 96.0 Å². The van der Waals surface area contributed by atoms with Gasteiger partial charge in [0.05, 0.1) is 33.8 Å². The lowest BCUT2D eigenvalue weighted by Gasteiger charge is -2.30. The van der Waals surface area contributed by atoms with Crippen LogP contribution in [0.5, 0.6) is 0 Å². The maximum atomic E-state index is 13.5. The third-order valence-corrected chi connectivity index (χ3v) is 13.5. The molecule has 3 atom stereocenters. The van der Waals surface area contributed by atoms with E-state index in [4.69, 9.17) is 13.8 Å². The highest BCUT2D eigenvalue weighted by molar-refractivity contribution is 7.45. The summed E-state index contributed by atoms with van der Waals surface area (Å²) in [5.41, 5.74) is 0. The van der Waals surface area contributed by atoms with Crippen molar-refractivity contribution in [1.82, 2.24) is 5.32 Å². The van der Waals surface area contributed by atoms with Gasteiger partial charge < -0.3 is 28.5 Å². The lowest BCUT2D eigenvalue weighted by molar-refractivity contribution is -0.870. The van der Waals surface area contributed by atoms with E-state index in [-0.39, 0.29) is 31.3 Å². The van der Waals surface area contributed by atoms with Crippen LogP contribution >= 0.6 is 7.82 Å². The molecule has 9 nitrogen and oxygen atoms in total. The fourth-order valence-corrected chi connectivity index (χ4v) is 8.68. The average Bonchev–Trinajstić information content (AvgIpc) is 3.36. The average molecular weight is 1050 g/mol. The molecule has 1 amide bonds. The molecule has 0 fully saturated rings. The number of esters is 1. The van der Waals surface area contributed by atoms with Gasteiger partial charge in [0.15, 0.2) is 0 Å². The minimum absolute atomic E-state index is 0.0342. The normalized spacial score (nSPS) is 14.5. The van der Waals surface area contributed by atoms with E-state index in [0.29, 0.717) is 23.9 Å². The Kier molecular flexibility index (Phi) is 50.7. The number of hydrogen-bond donors (Lipinski definition) is 1. The number of quaternary nitrogens is 1. The van der Waals surface area contributed by atoms with Crippen LogP contribution in [0.3, 0.4) is 0 Å². The van der Waals surface area contributed by atoms with Gasteiger partial charge in [0.2, 0.25) is 5.91 Å². The molecule has 0 aliphatic heterocycles. The van der Waals surface area contributed by atoms with Crippen molar-refractivity contribution in [2.75, 3.05) is 40.9 Å². The van der Waals surface area contributed by atoms with Gasteiger partial charge in [-0.15, -0.1) is 0 Å². The SMILES string of the molecule is CC/C=C\C/C=C\C/C=C\C/C=C\C/C=C\CCCCCCCCCC(=O)OC(/C=C\CCCCCCCCCCCC)C(COP(=O)([O-])OCC[N+](C)(C)C)NC(=O)CCCCCCC\C=C/C=C/C=C/CC. The Morgan fingerprint density at radius 3 is 1.45 bits per heavy atom. The van der Waals surface area contributed by atoms with Crippen molar-refractivity contribution in [2.24, 2.45) is 0 Å². The Morgan fingerprint density at radius 1 is 0.500 bits per heavy atom. The summed E-state index contributed by atoms with van der Waals surface area (Å²) in [7, 11) is 1.15. The van der Waals surface area contributed by atoms with Crippen LogP contribution < -0.4 is 10.2 Å². The van der Waals surface area contributed by atoms with Gasteiger partial charge in [-0.2, -0.15) is 0 Å². The predicted octanol–water partition coefficient (Wildman–Crippen LogP) is 17.5. The largest absolute Gasteiger partial charge is 0.756 e. The fourth-order valence-electron chi connectivity index (χ4n) is 7.96. The lowest BCUT2D eigenvalue weighted by atomic mass is 10.0. The lowest BCUT2D eigenvalue weighted by Crippen LogP contribution is -2.47. The highest BCUT2D eigenvalue weighted by Crippen LogP contribution is 2.38. The second-order valence-electron chi connectivity index (χ2n) is 20.8. The standard InChI is InChI=1S/C64H111N2O7P/c1-7-10-13-16-19-22-25-28-29-30-31-32-33-34-35-36-37-39-42-45-48-51-54-57-64(68)73-62(55-52-49-46-43-40-27-24-21-18-15-12-9-3)61(60-72-74(69,70)71-59-58-66(4,5)6)65-63(67)56-53-50-47-44-41-38-26-23-20-17-14-11-8-2/h10-11,13-14,17,19-20,22-23,26,28-29,31-32,34-35,52,55,61-62H,7-9,12,15-16,18,21,24-25,27,30,33,36-51,53-54,56-60H2,1-6H3,(H-,65,67,69,70)/b13-10-,14-11+,20-17+,22-19-,26-23-,29-28-,32-31-,35-34-,55-52-. The van der Waals surface area contributed by atoms with E-state index < -0.39 is 26.6 Å². The first-order valence-electron chi connectivity index (χ1n) is 29.7. The summed E-state index contributed by atoms with van der Waals surface area (Å²) in [5.74, 6) is -0.585. The molecule has 0 rings (SSSR count). The van der Waals surface area contributed by atoms with Crippen molar-refractivity contribution in [1.29, 1.82) is 0 Å². The van der Waals surface area contributed by atoms with E-state index in [1.165, 1.54) is 70.6 Å². The van der Waals surface area contributed by atoms with Crippen LogP contribution in [0.4, 0.5) is 0 Å². The van der Waals surface area contributed by atoms with E-state index >= 15 is 0 Å². The maximum Gasteiger partial charge on any atom is 0.306 e. The van der Waals surface area contributed by atoms with E-state index in [1.54, 1.807) is 0 Å². The van der Waals surface area contributed by atoms with Crippen LogP contribution in [0.25, 0.3) is 0 Å². The minimum atomic E-state index is -4.71. The molecule has 0 aromatic rings. The molecular formula is C64H111N2O7P. The molecule has 0 spiro atoms. The number of allylic oxidation sites excluding steroid dienone is 17. The van der Waals surface area contributed by atoms with Gasteiger partial charge in [-0.25, -0.2) is 0 Å². The first-order chi connectivity index (χ1) is 35.9. The Morgan fingerprint density at radius 2 is 0.932 bits per heavy atom. The van der Waals surface area contributed by atoms with E-state index in [9.17, 15) is 19.0 Å². The molecular weight excluding hydrogens is 940 g/mol. The van der Waals surface area contributed by atoms with Crippen LogP contribution in [0.1, 0.15) is 233 Å². The Hall–Kier alpha value is -3.33. The van der Waals surface area contributed by atoms with Gasteiger partial charge in [-0.1, -0.05) is 233 Å². The van der Waals surface area contributed by atoms with Crippen molar-refractivity contribution in [3.63, 3.8) is 0 Å². The second-order valence-corrected chi connectivity index (χ2v) is 22.2. The third kappa shape index (κ3) is 53.5. The van der Waals surface area contributed by atoms with E-state index in [1.807, 2.05) is 39.4 Å². The van der Waals surface area contributed by atoms with Crippen molar-refractivity contribution in [3.8, 4) is 0 Å². The van der Waals surface area contributed by atoms with Crippen molar-refractivity contribution < 1.29 is 37.3 Å². The molecule has 0 aliphatic carbocycles. The van der Waals surface area contributed by atoms with Crippen LogP contribution in [-0.2, 0) is 27.9 Å². The molecule has 0 heterocycles. The molecule has 0 saturated heterocycles. The number of likely N-dealkylation sites (N-methyl/N-ethyl adjacent to an activating group) is 1. The number of nitrogens with one attached hydrogen (secondary N) is 1. The molecule has 0 aliphatic rings. The number of phosphoric ester groups is 1. The third-order valence-electron chi connectivity index (χ3n) is 12.5. The zero-order chi connectivity index (χ0) is 54.3. The van der Waals surface area contributed by atoms with Gasteiger partial charge in [0.1, 0.15) is 19.3 Å². The summed E-state index contributed by atoms with van der Waals surface area (Å²) in [5, 5.41) is 3.00. The Balaban J connectivity index is 5.28. The molecule has 0 saturated carbocycles. The smallest absolute Gasteiger partial charge is 0.306 e. The molecule has 0 aromatic carbocycles. The second kappa shape index (κ2) is 53.1. The van der Waals surface area contributed by atoms with E-state index in [2.05, 4.69) is 117 Å². The van der Waals surface area contributed by atoms with Crippen LogP contribution in [0.2, 0.25) is 0 Å². The number of amides is 1. The molecule has 1 N–H and O–H groups in total. The fraction of sp³-hybridized carbons (Fsp3) is 0.688. The van der Waals surface area contributed by atoms with Crippen LogP contribution in [0.15, 0.2) is 109 Å². The number of unbranched alkanes of at least 4 members (excludes halogenated alkanes) is 22. The Bertz CT molecular complexity index is 1640. The Labute approximate surface area is 455 Å². The number of nitrogens with zero attached hydrogens (tertiary/aromatic N) is 1. The van der Waals surface area contributed by atoms with Gasteiger partial charge in [-0.3, -0.25) is 14.2 Å². The zero-order valence-electron chi connectivity index (χ0n) is 48.3. The molecule has 424 valence electrons. The van der Waals surface area contributed by atoms with Crippen molar-refractivity contribution in [3.05, 3.63) is 109 Å². The molecule has 10 heteroatoms. The quantitative estimate of drug-likeness (QED) is 0.0161. The van der Waals surface area contributed by atoms with Gasteiger partial charge in [0, 0.05) is 12.8 Å². The summed E-state index contributed by atoms with van der Waals surface area (Å²) in [4.78, 5) is 39.9. The number of ether oxygens (including phenoxy) is 1. The van der Waals surface area contributed by atoms with Gasteiger partial charge >= 0.3 is 5.97 Å². The maximum absolute atomic E-state index is 13.5. The first-order valence-corrected chi connectivity index (χ1v) is 31.2. The summed E-state index contributed by atoms with van der Waals surface area (Å²) in [6.45, 7) is 6.55. The molecule has 0 radical (unpaired) electrons. The summed E-state index contributed by atoms with van der Waals surface area (Å²) >= 11 is 0. The molecule has 0 aromatic heterocycles. The number of hydrogen-bond acceptors (Lipinski definition) is 7. The van der Waals surface area contributed by atoms with Gasteiger partial charge in [0.25, 0.3) is 7.82 Å². The summed E-state index contributed by atoms with van der Waals surface area (Å²) < 4.78 is 30.2. The molecule has 3 unspecified atom stereocenters. The highest BCUT2D eigenvalue weighted by Gasteiger charge is 2.27.